The third-order valence-electron chi connectivity index (χ3n) is 3.81. The van der Waals surface area contributed by atoms with E-state index in [1.54, 1.807) is 18.2 Å². The number of amides is 1. The van der Waals surface area contributed by atoms with E-state index in [0.29, 0.717) is 11.1 Å². The number of hydrogen-bond acceptors (Lipinski definition) is 4. The summed E-state index contributed by atoms with van der Waals surface area (Å²) in [6.07, 6.45) is -4.44. The Morgan fingerprint density at radius 1 is 1.15 bits per heavy atom. The van der Waals surface area contributed by atoms with Crippen LogP contribution in [0.4, 0.5) is 13.2 Å². The van der Waals surface area contributed by atoms with Crippen LogP contribution in [0.2, 0.25) is 0 Å². The molecule has 5 nitrogen and oxygen atoms in total. The Balaban J connectivity index is 1.98. The minimum Gasteiger partial charge on any atom is -0.493 e. The first-order valence-electron chi connectivity index (χ1n) is 8.16. The zero-order chi connectivity index (χ0) is 20.0. The molecule has 0 heterocycles. The highest BCUT2D eigenvalue weighted by Crippen LogP contribution is 2.29. The molecule has 0 radical (unpaired) electrons. The van der Waals surface area contributed by atoms with Gasteiger partial charge in [-0.2, -0.15) is 13.2 Å². The predicted molar refractivity (Wildman–Crippen MR) is 94.5 cm³/mol. The Morgan fingerprint density at radius 3 is 2.41 bits per heavy atom. The van der Waals surface area contributed by atoms with Gasteiger partial charge in [0.25, 0.3) is 0 Å². The number of hydrogen-bond donors (Lipinski definition) is 2. The number of alkyl halides is 3. The largest absolute Gasteiger partial charge is 0.493 e. The first-order valence-corrected chi connectivity index (χ1v) is 8.16. The van der Waals surface area contributed by atoms with E-state index in [4.69, 9.17) is 15.2 Å². The lowest BCUT2D eigenvalue weighted by Crippen LogP contribution is -2.33. The van der Waals surface area contributed by atoms with E-state index >= 15 is 0 Å². The topological polar surface area (TPSA) is 73.6 Å². The summed E-state index contributed by atoms with van der Waals surface area (Å²) < 4.78 is 46.6. The van der Waals surface area contributed by atoms with Gasteiger partial charge < -0.3 is 20.5 Å². The highest BCUT2D eigenvalue weighted by atomic mass is 19.4. The summed E-state index contributed by atoms with van der Waals surface area (Å²) in [5.74, 6) is -0.245. The van der Waals surface area contributed by atoms with Crippen LogP contribution in [-0.2, 0) is 11.3 Å². The van der Waals surface area contributed by atoms with Crippen molar-refractivity contribution in [2.45, 2.75) is 25.7 Å². The summed E-state index contributed by atoms with van der Waals surface area (Å²) in [5.41, 5.74) is 8.33. The highest BCUT2D eigenvalue weighted by Gasteiger charge is 2.29. The SMILES string of the molecule is COc1cc(CNC(=O)C(N)c2ccc(C)cc2)ccc1OCC(F)(F)F. The quantitative estimate of drug-likeness (QED) is 0.771. The molecular weight excluding hydrogens is 361 g/mol. The number of nitrogens with two attached hydrogens (primary N) is 1. The van der Waals surface area contributed by atoms with Crippen LogP contribution in [0.5, 0.6) is 11.5 Å². The number of methoxy groups -OCH3 is 1. The molecule has 146 valence electrons. The van der Waals surface area contributed by atoms with E-state index in [9.17, 15) is 18.0 Å². The van der Waals surface area contributed by atoms with Gasteiger partial charge in [-0.3, -0.25) is 4.79 Å². The second-order valence-corrected chi connectivity index (χ2v) is 6.00. The fourth-order valence-electron chi connectivity index (χ4n) is 2.33. The van der Waals surface area contributed by atoms with Crippen molar-refractivity contribution in [1.82, 2.24) is 5.32 Å². The summed E-state index contributed by atoms with van der Waals surface area (Å²) in [4.78, 5) is 12.2. The number of halogens is 3. The van der Waals surface area contributed by atoms with Gasteiger partial charge in [0, 0.05) is 6.54 Å². The van der Waals surface area contributed by atoms with Crippen molar-refractivity contribution in [3.63, 3.8) is 0 Å². The van der Waals surface area contributed by atoms with Gasteiger partial charge in [0.05, 0.1) is 7.11 Å². The molecule has 0 aromatic heterocycles. The van der Waals surface area contributed by atoms with Crippen molar-refractivity contribution < 1.29 is 27.4 Å². The zero-order valence-corrected chi connectivity index (χ0v) is 15.0. The maximum atomic E-state index is 12.3. The molecule has 0 bridgehead atoms. The third-order valence-corrected chi connectivity index (χ3v) is 3.81. The third kappa shape index (κ3) is 6.18. The summed E-state index contributed by atoms with van der Waals surface area (Å²) >= 11 is 0. The van der Waals surface area contributed by atoms with Gasteiger partial charge in [0.15, 0.2) is 18.1 Å². The van der Waals surface area contributed by atoms with Crippen LogP contribution in [0.15, 0.2) is 42.5 Å². The van der Waals surface area contributed by atoms with Crippen molar-refractivity contribution in [2.75, 3.05) is 13.7 Å². The van der Waals surface area contributed by atoms with Crippen LogP contribution >= 0.6 is 0 Å². The molecule has 2 aromatic rings. The molecule has 0 spiro atoms. The number of carbonyl (C=O) groups is 1. The molecule has 0 aliphatic heterocycles. The molecule has 27 heavy (non-hydrogen) atoms. The van der Waals surface area contributed by atoms with Crippen molar-refractivity contribution in [3.8, 4) is 11.5 Å². The minimum absolute atomic E-state index is 0.0266. The number of aryl methyl sites for hydroxylation is 1. The smallest absolute Gasteiger partial charge is 0.422 e. The molecule has 0 fully saturated rings. The summed E-state index contributed by atoms with van der Waals surface area (Å²) in [5, 5.41) is 2.70. The van der Waals surface area contributed by atoms with Crippen LogP contribution in [0.1, 0.15) is 22.7 Å². The molecule has 0 aliphatic rings. The Labute approximate surface area is 155 Å². The van der Waals surface area contributed by atoms with Gasteiger partial charge in [-0.05, 0) is 30.2 Å². The molecule has 1 unspecified atom stereocenters. The minimum atomic E-state index is -4.44. The zero-order valence-electron chi connectivity index (χ0n) is 15.0. The van der Waals surface area contributed by atoms with Gasteiger partial charge in [-0.1, -0.05) is 35.9 Å². The summed E-state index contributed by atoms with van der Waals surface area (Å²) in [6.45, 7) is 0.671. The van der Waals surface area contributed by atoms with Gasteiger partial charge >= 0.3 is 6.18 Å². The number of benzene rings is 2. The first-order chi connectivity index (χ1) is 12.7. The van der Waals surface area contributed by atoms with E-state index in [1.165, 1.54) is 19.2 Å². The molecule has 2 aromatic carbocycles. The van der Waals surface area contributed by atoms with E-state index in [2.05, 4.69) is 5.32 Å². The van der Waals surface area contributed by atoms with Crippen LogP contribution < -0.4 is 20.5 Å². The monoisotopic (exact) mass is 382 g/mol. The predicted octanol–water partition coefficient (Wildman–Crippen LogP) is 3.26. The van der Waals surface area contributed by atoms with Gasteiger partial charge in [-0.25, -0.2) is 0 Å². The van der Waals surface area contributed by atoms with E-state index in [-0.39, 0.29) is 24.0 Å². The summed E-state index contributed by atoms with van der Waals surface area (Å²) in [7, 11) is 1.32. The van der Waals surface area contributed by atoms with Gasteiger partial charge in [0.2, 0.25) is 5.91 Å². The second kappa shape index (κ2) is 8.77. The van der Waals surface area contributed by atoms with E-state index < -0.39 is 18.8 Å². The van der Waals surface area contributed by atoms with Gasteiger partial charge in [0.1, 0.15) is 6.04 Å². The molecule has 3 N–H and O–H groups in total. The molecule has 0 aliphatic carbocycles. The standard InChI is InChI=1S/C19H21F3N2O3/c1-12-3-6-14(7-4-12)17(23)18(25)24-10-13-5-8-15(16(9-13)26-2)27-11-19(20,21)22/h3-9,17H,10-11,23H2,1-2H3,(H,24,25). The van der Waals surface area contributed by atoms with E-state index in [0.717, 1.165) is 5.56 Å². The molecule has 0 saturated carbocycles. The fraction of sp³-hybridized carbons (Fsp3) is 0.316. The molecule has 1 atom stereocenters. The van der Waals surface area contributed by atoms with E-state index in [1.807, 2.05) is 19.1 Å². The van der Waals surface area contributed by atoms with Crippen LogP contribution in [0.3, 0.4) is 0 Å². The molecule has 0 saturated heterocycles. The fourth-order valence-corrected chi connectivity index (χ4v) is 2.33. The summed E-state index contributed by atoms with van der Waals surface area (Å²) in [6, 6.07) is 10.9. The van der Waals surface area contributed by atoms with Crippen LogP contribution in [-0.4, -0.2) is 25.8 Å². The Hall–Kier alpha value is -2.74. The Bertz CT molecular complexity index is 777. The number of rotatable bonds is 7. The molecule has 1 amide bonds. The van der Waals surface area contributed by atoms with Crippen molar-refractivity contribution in [3.05, 3.63) is 59.2 Å². The highest BCUT2D eigenvalue weighted by molar-refractivity contribution is 5.82. The van der Waals surface area contributed by atoms with Crippen molar-refractivity contribution >= 4 is 5.91 Å². The lowest BCUT2D eigenvalue weighted by atomic mass is 10.1. The lowest BCUT2D eigenvalue weighted by Gasteiger charge is -2.15. The Kier molecular flexibility index (Phi) is 6.68. The first kappa shape index (κ1) is 20.6. The lowest BCUT2D eigenvalue weighted by molar-refractivity contribution is -0.153. The second-order valence-electron chi connectivity index (χ2n) is 6.00. The number of nitrogens with one attached hydrogen (secondary N) is 1. The molecule has 2 rings (SSSR count). The number of ether oxygens (including phenoxy) is 2. The van der Waals surface area contributed by atoms with Crippen molar-refractivity contribution in [1.29, 1.82) is 0 Å². The molecule has 8 heteroatoms. The van der Waals surface area contributed by atoms with Gasteiger partial charge in [-0.15, -0.1) is 0 Å². The average Bonchev–Trinajstić information content (AvgIpc) is 2.64. The van der Waals surface area contributed by atoms with Crippen LogP contribution in [0, 0.1) is 6.92 Å². The Morgan fingerprint density at radius 2 is 1.81 bits per heavy atom. The average molecular weight is 382 g/mol. The normalized spacial score (nSPS) is 12.4. The molecular formula is C19H21F3N2O3. The number of carbonyl (C=O) groups excluding carboxylic acids is 1. The van der Waals surface area contributed by atoms with Crippen molar-refractivity contribution in [2.24, 2.45) is 5.73 Å². The maximum absolute atomic E-state index is 12.3. The van der Waals surface area contributed by atoms with Crippen LogP contribution in [0.25, 0.3) is 0 Å². The maximum Gasteiger partial charge on any atom is 0.422 e.